The van der Waals surface area contributed by atoms with Gasteiger partial charge in [-0.05, 0) is 43.5 Å². The lowest BCUT2D eigenvalue weighted by Gasteiger charge is -2.13. The van der Waals surface area contributed by atoms with Crippen LogP contribution in [-0.4, -0.2) is 33.2 Å². The number of alkyl halides is 3. The Morgan fingerprint density at radius 3 is 2.70 bits per heavy atom. The van der Waals surface area contributed by atoms with E-state index in [0.717, 1.165) is 12.8 Å². The highest BCUT2D eigenvalue weighted by atomic mass is 19.4. The van der Waals surface area contributed by atoms with E-state index in [1.54, 1.807) is 19.1 Å². The summed E-state index contributed by atoms with van der Waals surface area (Å²) in [6, 6.07) is 7.50. The molecule has 8 nitrogen and oxygen atoms in total. The third kappa shape index (κ3) is 5.07. The third-order valence-corrected chi connectivity index (χ3v) is 5.28. The molecule has 3 aromatic rings. The van der Waals surface area contributed by atoms with Gasteiger partial charge in [0.05, 0.1) is 10.9 Å². The van der Waals surface area contributed by atoms with E-state index in [1.165, 1.54) is 22.8 Å². The summed E-state index contributed by atoms with van der Waals surface area (Å²) in [5.41, 5.74) is 0.100. The van der Waals surface area contributed by atoms with Gasteiger partial charge < -0.3 is 10.1 Å². The number of H-pyrrole nitrogens is 1. The Hall–Kier alpha value is -3.63. The van der Waals surface area contributed by atoms with E-state index in [1.807, 2.05) is 0 Å². The number of aromatic amines is 1. The molecule has 11 heteroatoms. The van der Waals surface area contributed by atoms with Crippen LogP contribution in [0.15, 0.2) is 39.9 Å². The highest BCUT2D eigenvalue weighted by Gasteiger charge is 2.29. The molecule has 0 spiro atoms. The Morgan fingerprint density at radius 1 is 1.27 bits per heavy atom. The van der Waals surface area contributed by atoms with Crippen molar-refractivity contribution >= 4 is 16.9 Å². The predicted octanol–water partition coefficient (Wildman–Crippen LogP) is 2.85. The van der Waals surface area contributed by atoms with E-state index >= 15 is 0 Å². The zero-order valence-electron chi connectivity index (χ0n) is 17.7. The van der Waals surface area contributed by atoms with Gasteiger partial charge in [0.25, 0.3) is 11.5 Å². The summed E-state index contributed by atoms with van der Waals surface area (Å²) in [6.45, 7) is 0.574. The minimum atomic E-state index is -4.46. The number of hydrogen-bond acceptors (Lipinski definition) is 5. The zero-order valence-corrected chi connectivity index (χ0v) is 17.7. The molecule has 0 bridgehead atoms. The van der Waals surface area contributed by atoms with Crippen LogP contribution in [-0.2, 0) is 13.1 Å². The normalized spacial score (nSPS) is 13.8. The second-order valence-corrected chi connectivity index (χ2v) is 7.81. The first kappa shape index (κ1) is 22.6. The van der Waals surface area contributed by atoms with Crippen molar-refractivity contribution in [3.8, 4) is 5.75 Å². The van der Waals surface area contributed by atoms with E-state index < -0.39 is 29.9 Å². The molecule has 174 valence electrons. The fourth-order valence-electron chi connectivity index (χ4n) is 3.54. The summed E-state index contributed by atoms with van der Waals surface area (Å²) in [6.07, 6.45) is -2.65. The number of carbonyl (C=O) groups is 1. The van der Waals surface area contributed by atoms with Gasteiger partial charge in [-0.15, -0.1) is 0 Å². The molecule has 0 radical (unpaired) electrons. The minimum absolute atomic E-state index is 0.00402. The molecule has 33 heavy (non-hydrogen) atoms. The third-order valence-electron chi connectivity index (χ3n) is 5.28. The maximum absolute atomic E-state index is 13.0. The first-order valence-corrected chi connectivity index (χ1v) is 10.4. The van der Waals surface area contributed by atoms with Crippen LogP contribution in [0.2, 0.25) is 0 Å². The fourth-order valence-corrected chi connectivity index (χ4v) is 3.54. The summed E-state index contributed by atoms with van der Waals surface area (Å²) in [5, 5.41) is 2.70. The molecule has 0 atom stereocenters. The number of benzene rings is 1. The molecule has 2 aromatic heterocycles. The molecular weight excluding hydrogens is 441 g/mol. The zero-order chi connectivity index (χ0) is 23.8. The van der Waals surface area contributed by atoms with Gasteiger partial charge in [0.1, 0.15) is 5.75 Å². The summed E-state index contributed by atoms with van der Waals surface area (Å²) in [7, 11) is 0. The number of ether oxygens (including phenoxy) is 1. The fraction of sp³-hybridized carbons (Fsp3) is 0.364. The van der Waals surface area contributed by atoms with Crippen LogP contribution in [0.5, 0.6) is 5.75 Å². The number of nitrogens with zero attached hydrogens (tertiary/aromatic N) is 2. The van der Waals surface area contributed by atoms with Crippen LogP contribution < -0.4 is 21.3 Å². The first-order chi connectivity index (χ1) is 15.7. The van der Waals surface area contributed by atoms with Gasteiger partial charge in [-0.3, -0.25) is 19.1 Å². The number of carbonyl (C=O) groups excluding carboxylic acids is 1. The summed E-state index contributed by atoms with van der Waals surface area (Å²) in [4.78, 5) is 44.5. The second-order valence-electron chi connectivity index (χ2n) is 7.81. The highest BCUT2D eigenvalue weighted by Crippen LogP contribution is 2.39. The number of pyridine rings is 1. The monoisotopic (exact) mass is 462 g/mol. The van der Waals surface area contributed by atoms with Gasteiger partial charge >= 0.3 is 11.9 Å². The number of nitrogens with one attached hydrogen (secondary N) is 2. The van der Waals surface area contributed by atoms with Crippen molar-refractivity contribution in [2.45, 2.75) is 44.9 Å². The molecule has 2 N–H and O–H groups in total. The van der Waals surface area contributed by atoms with Crippen molar-refractivity contribution in [3.63, 3.8) is 0 Å². The summed E-state index contributed by atoms with van der Waals surface area (Å²) in [5.74, 6) is -0.367. The highest BCUT2D eigenvalue weighted by molar-refractivity contribution is 6.05. The molecule has 4 rings (SSSR count). The molecule has 0 aliphatic heterocycles. The molecule has 1 amide bonds. The molecule has 0 saturated heterocycles. The Morgan fingerprint density at radius 2 is 2.03 bits per heavy atom. The van der Waals surface area contributed by atoms with Gasteiger partial charge in [-0.1, -0.05) is 12.1 Å². The van der Waals surface area contributed by atoms with Crippen molar-refractivity contribution in [1.82, 2.24) is 19.9 Å². The first-order valence-electron chi connectivity index (χ1n) is 10.4. The standard InChI is InChI=1S/C22H21F3N4O4/c1-2-29-18-17(20(31)28-21(29)32)15(9-16(27-18)13-6-7-13)19(30)26-10-12-4-3-5-14(8-12)33-11-22(23,24)25/h3-5,8-9,13H,2,6-7,10-11H2,1H3,(H,26,30)(H,28,31,32). The Balaban J connectivity index is 1.62. The molecule has 1 fully saturated rings. The molecule has 1 saturated carbocycles. The maximum atomic E-state index is 13.0. The quantitative estimate of drug-likeness (QED) is 0.562. The van der Waals surface area contributed by atoms with Crippen molar-refractivity contribution in [2.24, 2.45) is 0 Å². The van der Waals surface area contributed by atoms with E-state index in [9.17, 15) is 27.6 Å². The van der Waals surface area contributed by atoms with Crippen molar-refractivity contribution < 1.29 is 22.7 Å². The molecule has 2 heterocycles. The SMILES string of the molecule is CCn1c(=O)[nH]c(=O)c2c(C(=O)NCc3cccc(OCC(F)(F)F)c3)cc(C3CC3)nc21. The van der Waals surface area contributed by atoms with E-state index in [2.05, 4.69) is 15.3 Å². The number of hydrogen-bond donors (Lipinski definition) is 2. The lowest BCUT2D eigenvalue weighted by atomic mass is 10.1. The van der Waals surface area contributed by atoms with Crippen molar-refractivity contribution in [3.05, 3.63) is 68.0 Å². The number of halogens is 3. The minimum Gasteiger partial charge on any atom is -0.484 e. The van der Waals surface area contributed by atoms with Gasteiger partial charge in [0, 0.05) is 24.7 Å². The number of aryl methyl sites for hydroxylation is 1. The van der Waals surface area contributed by atoms with Crippen LogP contribution in [0.25, 0.3) is 11.0 Å². The van der Waals surface area contributed by atoms with E-state index in [0.29, 0.717) is 11.3 Å². The van der Waals surface area contributed by atoms with E-state index in [4.69, 9.17) is 4.74 Å². The topological polar surface area (TPSA) is 106 Å². The Kier molecular flexibility index (Phi) is 5.96. The lowest BCUT2D eigenvalue weighted by molar-refractivity contribution is -0.153. The molecule has 1 aliphatic carbocycles. The Labute approximate surface area is 185 Å². The van der Waals surface area contributed by atoms with Crippen LogP contribution in [0, 0.1) is 0 Å². The second kappa shape index (κ2) is 8.72. The van der Waals surface area contributed by atoms with Crippen LogP contribution in [0.3, 0.4) is 0 Å². The molecule has 1 aliphatic rings. The number of rotatable bonds is 7. The lowest BCUT2D eigenvalue weighted by Crippen LogP contribution is -2.33. The van der Waals surface area contributed by atoms with Crippen LogP contribution >= 0.6 is 0 Å². The average Bonchev–Trinajstić information content (AvgIpc) is 3.61. The summed E-state index contributed by atoms with van der Waals surface area (Å²) < 4.78 is 43.2. The number of fused-ring (bicyclic) bond motifs is 1. The number of amides is 1. The molecule has 1 aromatic carbocycles. The van der Waals surface area contributed by atoms with Crippen molar-refractivity contribution in [1.29, 1.82) is 0 Å². The van der Waals surface area contributed by atoms with Gasteiger partial charge in [0.2, 0.25) is 0 Å². The number of aromatic nitrogens is 3. The largest absolute Gasteiger partial charge is 0.484 e. The van der Waals surface area contributed by atoms with Crippen molar-refractivity contribution in [2.75, 3.05) is 6.61 Å². The van der Waals surface area contributed by atoms with Crippen LogP contribution in [0.4, 0.5) is 13.2 Å². The van der Waals surface area contributed by atoms with Gasteiger partial charge in [-0.25, -0.2) is 9.78 Å². The summed E-state index contributed by atoms with van der Waals surface area (Å²) >= 11 is 0. The van der Waals surface area contributed by atoms with Gasteiger partial charge in [-0.2, -0.15) is 13.2 Å². The van der Waals surface area contributed by atoms with Gasteiger partial charge in [0.15, 0.2) is 12.3 Å². The molecule has 0 unspecified atom stereocenters. The maximum Gasteiger partial charge on any atom is 0.422 e. The predicted molar refractivity (Wildman–Crippen MR) is 113 cm³/mol. The Bertz CT molecular complexity index is 1330. The van der Waals surface area contributed by atoms with Crippen LogP contribution in [0.1, 0.15) is 47.3 Å². The smallest absolute Gasteiger partial charge is 0.422 e. The van der Waals surface area contributed by atoms with E-state index in [-0.39, 0.29) is 41.4 Å². The molecular formula is C22H21F3N4O4. The average molecular weight is 462 g/mol.